The predicted octanol–water partition coefficient (Wildman–Crippen LogP) is 5.32. The van der Waals surface area contributed by atoms with Gasteiger partial charge in [0.25, 0.3) is 5.97 Å². The van der Waals surface area contributed by atoms with E-state index in [9.17, 15) is 4.79 Å². The van der Waals surface area contributed by atoms with E-state index in [1.807, 2.05) is 0 Å². The van der Waals surface area contributed by atoms with Crippen molar-refractivity contribution in [1.29, 1.82) is 0 Å². The molecule has 0 saturated carbocycles. The van der Waals surface area contributed by atoms with Crippen molar-refractivity contribution >= 4 is 11.9 Å². The maximum absolute atomic E-state index is 11.0. The van der Waals surface area contributed by atoms with Crippen LogP contribution >= 0.6 is 0 Å². The van der Waals surface area contributed by atoms with Gasteiger partial charge in [0.2, 0.25) is 0 Å². The summed E-state index contributed by atoms with van der Waals surface area (Å²) in [6.45, 7) is 9.02. The van der Waals surface area contributed by atoms with Crippen LogP contribution in [0.3, 0.4) is 0 Å². The number of hydrogen-bond acceptors (Lipinski definition) is 3. The predicted molar refractivity (Wildman–Crippen MR) is 90.6 cm³/mol. The Balaban J connectivity index is 0. The summed E-state index contributed by atoms with van der Waals surface area (Å²) in [6.07, 6.45) is 13.2. The first-order chi connectivity index (χ1) is 10.4. The average molecular weight is 314 g/mol. The van der Waals surface area contributed by atoms with E-state index >= 15 is 0 Å². The minimum atomic E-state index is -0.833. The molecular weight excluding hydrogens is 280 g/mol. The molecule has 0 amide bonds. The van der Waals surface area contributed by atoms with Gasteiger partial charge < -0.3 is 9.84 Å². The molecule has 0 aliphatic rings. The number of ether oxygens (including phenoxy) is 1. The zero-order valence-electron chi connectivity index (χ0n) is 14.6. The first-order valence-electron chi connectivity index (χ1n) is 8.40. The first-order valence-corrected chi connectivity index (χ1v) is 8.40. The normalized spacial score (nSPS) is 9.82. The quantitative estimate of drug-likeness (QED) is 0.301. The van der Waals surface area contributed by atoms with Crippen molar-refractivity contribution in [2.24, 2.45) is 5.92 Å². The van der Waals surface area contributed by atoms with Gasteiger partial charge in [0.1, 0.15) is 0 Å². The van der Waals surface area contributed by atoms with Gasteiger partial charge in [0, 0.05) is 13.3 Å². The number of carboxylic acid groups (broad SMARTS) is 1. The monoisotopic (exact) mass is 314 g/mol. The van der Waals surface area contributed by atoms with Gasteiger partial charge in [-0.3, -0.25) is 9.59 Å². The van der Waals surface area contributed by atoms with Crippen LogP contribution < -0.4 is 0 Å². The number of carboxylic acids is 1. The van der Waals surface area contributed by atoms with Gasteiger partial charge in [-0.05, 0) is 12.3 Å². The Morgan fingerprint density at radius 2 is 1.41 bits per heavy atom. The number of unbranched alkanes of at least 4 members (excludes halogenated alkanes) is 7. The van der Waals surface area contributed by atoms with Crippen LogP contribution in [0.15, 0.2) is 12.8 Å². The third-order valence-corrected chi connectivity index (χ3v) is 3.13. The first kappa shape index (κ1) is 23.0. The van der Waals surface area contributed by atoms with Crippen molar-refractivity contribution in [2.75, 3.05) is 0 Å². The molecule has 4 heteroatoms. The lowest BCUT2D eigenvalue weighted by Crippen LogP contribution is -1.98. The third kappa shape index (κ3) is 27.1. The number of hydrogen-bond donors (Lipinski definition) is 1. The summed E-state index contributed by atoms with van der Waals surface area (Å²) in [5, 5.41) is 7.42. The summed E-state index contributed by atoms with van der Waals surface area (Å²) in [6, 6.07) is 0. The third-order valence-electron chi connectivity index (χ3n) is 3.13. The van der Waals surface area contributed by atoms with Crippen LogP contribution in [0, 0.1) is 5.92 Å². The highest BCUT2D eigenvalue weighted by molar-refractivity contribution is 5.69. The SMILES string of the molecule is C=COC(=O)CCCCCCCCCCC(C)C.CC(=O)O. The molecule has 0 fully saturated rings. The van der Waals surface area contributed by atoms with Crippen LogP contribution in [0.4, 0.5) is 0 Å². The lowest BCUT2D eigenvalue weighted by molar-refractivity contribution is -0.138. The Hall–Kier alpha value is -1.32. The lowest BCUT2D eigenvalue weighted by atomic mass is 10.0. The molecule has 0 saturated heterocycles. The van der Waals surface area contributed by atoms with Crippen molar-refractivity contribution < 1.29 is 19.4 Å². The summed E-state index contributed by atoms with van der Waals surface area (Å²) in [5.41, 5.74) is 0. The molecule has 0 aromatic heterocycles. The van der Waals surface area contributed by atoms with E-state index in [0.29, 0.717) is 6.42 Å². The largest absolute Gasteiger partial charge is 0.481 e. The fraction of sp³-hybridized carbons (Fsp3) is 0.778. The summed E-state index contributed by atoms with van der Waals surface area (Å²) < 4.78 is 4.66. The van der Waals surface area contributed by atoms with E-state index in [4.69, 9.17) is 9.90 Å². The highest BCUT2D eigenvalue weighted by Gasteiger charge is 2.00. The molecule has 0 rings (SSSR count). The summed E-state index contributed by atoms with van der Waals surface area (Å²) in [5.74, 6) is -0.140. The Kier molecular flexibility index (Phi) is 18.5. The molecule has 1 N–H and O–H groups in total. The summed E-state index contributed by atoms with van der Waals surface area (Å²) in [7, 11) is 0. The Morgan fingerprint density at radius 1 is 1.00 bits per heavy atom. The molecule has 0 heterocycles. The molecule has 130 valence electrons. The number of carbonyl (C=O) groups excluding carboxylic acids is 1. The van der Waals surface area contributed by atoms with Crippen LogP contribution in [0.25, 0.3) is 0 Å². The molecule has 0 unspecified atom stereocenters. The molecule has 0 spiro atoms. The van der Waals surface area contributed by atoms with Crippen molar-refractivity contribution in [3.63, 3.8) is 0 Å². The van der Waals surface area contributed by atoms with Crippen molar-refractivity contribution in [3.8, 4) is 0 Å². The fourth-order valence-electron chi connectivity index (χ4n) is 2.03. The second kappa shape index (κ2) is 17.7. The van der Waals surface area contributed by atoms with E-state index in [1.165, 1.54) is 51.2 Å². The van der Waals surface area contributed by atoms with Crippen LogP contribution in [0.5, 0.6) is 0 Å². The van der Waals surface area contributed by atoms with Crippen LogP contribution in [-0.4, -0.2) is 17.0 Å². The lowest BCUT2D eigenvalue weighted by Gasteiger charge is -2.04. The van der Waals surface area contributed by atoms with E-state index in [1.54, 1.807) is 0 Å². The zero-order valence-corrected chi connectivity index (χ0v) is 14.6. The number of esters is 1. The number of aliphatic carboxylic acids is 1. The van der Waals surface area contributed by atoms with Gasteiger partial charge in [-0.25, -0.2) is 0 Å². The van der Waals surface area contributed by atoms with Crippen molar-refractivity contribution in [2.45, 2.75) is 85.0 Å². The van der Waals surface area contributed by atoms with Crippen LogP contribution in [-0.2, 0) is 14.3 Å². The topological polar surface area (TPSA) is 63.6 Å². The summed E-state index contributed by atoms with van der Waals surface area (Å²) in [4.78, 5) is 20.0. The molecule has 0 atom stereocenters. The molecule has 0 aromatic rings. The van der Waals surface area contributed by atoms with Gasteiger partial charge >= 0.3 is 5.97 Å². The Labute approximate surface area is 135 Å². The molecule has 0 aliphatic heterocycles. The zero-order chi connectivity index (χ0) is 17.2. The second-order valence-electron chi connectivity index (χ2n) is 5.94. The molecule has 0 bridgehead atoms. The Morgan fingerprint density at radius 3 is 1.82 bits per heavy atom. The number of rotatable bonds is 12. The van der Waals surface area contributed by atoms with Gasteiger partial charge in [-0.2, -0.15) is 0 Å². The van der Waals surface area contributed by atoms with Gasteiger partial charge in [0.15, 0.2) is 0 Å². The maximum atomic E-state index is 11.0. The molecule has 4 nitrogen and oxygen atoms in total. The minimum Gasteiger partial charge on any atom is -0.481 e. The minimum absolute atomic E-state index is 0.154. The van der Waals surface area contributed by atoms with Crippen molar-refractivity contribution in [3.05, 3.63) is 12.8 Å². The molecule has 22 heavy (non-hydrogen) atoms. The van der Waals surface area contributed by atoms with Crippen molar-refractivity contribution in [1.82, 2.24) is 0 Å². The van der Waals surface area contributed by atoms with Gasteiger partial charge in [0.05, 0.1) is 6.26 Å². The van der Waals surface area contributed by atoms with E-state index in [0.717, 1.165) is 25.7 Å². The van der Waals surface area contributed by atoms with Gasteiger partial charge in [-0.1, -0.05) is 71.8 Å². The average Bonchev–Trinajstić information content (AvgIpc) is 2.40. The van der Waals surface area contributed by atoms with E-state index < -0.39 is 5.97 Å². The molecule has 0 radical (unpaired) electrons. The molecule has 0 aromatic carbocycles. The summed E-state index contributed by atoms with van der Waals surface area (Å²) >= 11 is 0. The highest BCUT2D eigenvalue weighted by atomic mass is 16.5. The molecular formula is C18H34O4. The van der Waals surface area contributed by atoms with E-state index in [-0.39, 0.29) is 5.97 Å². The van der Waals surface area contributed by atoms with Crippen LogP contribution in [0.2, 0.25) is 0 Å². The number of carbonyl (C=O) groups is 2. The smallest absolute Gasteiger partial charge is 0.310 e. The highest BCUT2D eigenvalue weighted by Crippen LogP contribution is 2.13. The Bertz CT molecular complexity index is 281. The van der Waals surface area contributed by atoms with Gasteiger partial charge in [-0.15, -0.1) is 0 Å². The molecule has 0 aliphatic carbocycles. The fourth-order valence-corrected chi connectivity index (χ4v) is 2.03. The van der Waals surface area contributed by atoms with E-state index in [2.05, 4.69) is 25.2 Å². The van der Waals surface area contributed by atoms with Crippen LogP contribution in [0.1, 0.15) is 85.0 Å². The second-order valence-corrected chi connectivity index (χ2v) is 5.94. The maximum Gasteiger partial charge on any atom is 0.310 e. The standard InChI is InChI=1S/C16H30O2.C2H4O2/c1-4-18-16(17)14-12-10-8-6-5-7-9-11-13-15(2)3;1-2(3)4/h4,15H,1,5-14H2,2-3H3;1H3,(H,3,4).